The maximum atomic E-state index is 14.2. The van der Waals surface area contributed by atoms with Crippen molar-refractivity contribution in [2.24, 2.45) is 17.3 Å². The summed E-state index contributed by atoms with van der Waals surface area (Å²) in [6.45, 7) is 19.9. The number of carbonyl (C=O) groups excluding carboxylic acids is 3. The minimum atomic E-state index is -0.664. The third-order valence-corrected chi connectivity index (χ3v) is 9.62. The standard InChI is InChI=1S/C34H56N4O3/c1-10-26(34(7,8)25-17-12-11-13-18-25)30(39)35-29(33(4,5)6)32(41)36(9)28(24(2)3)23-38-22-16-19-27(38)31(40)37-20-14-15-21-37/h11-13,17-18,24,26-29H,10,14-16,19-23H2,1-9H3,(H,35,39)/t26-,27+,28-,29-/m1/s1. The topological polar surface area (TPSA) is 73.0 Å². The van der Waals surface area contributed by atoms with E-state index in [1.54, 1.807) is 0 Å². The fraction of sp³-hybridized carbons (Fsp3) is 0.735. The van der Waals surface area contributed by atoms with E-state index in [0.29, 0.717) is 13.0 Å². The second-order valence-electron chi connectivity index (χ2n) is 14.3. The fourth-order valence-corrected chi connectivity index (χ4v) is 6.84. The molecule has 2 heterocycles. The molecule has 1 N–H and O–H groups in total. The van der Waals surface area contributed by atoms with Gasteiger partial charge in [-0.2, -0.15) is 0 Å². The van der Waals surface area contributed by atoms with Gasteiger partial charge in [-0.25, -0.2) is 0 Å². The van der Waals surface area contributed by atoms with Gasteiger partial charge in [-0.1, -0.05) is 85.7 Å². The van der Waals surface area contributed by atoms with Crippen molar-refractivity contribution in [3.8, 4) is 0 Å². The van der Waals surface area contributed by atoms with E-state index in [1.807, 2.05) is 62.7 Å². The highest BCUT2D eigenvalue weighted by Crippen LogP contribution is 2.35. The van der Waals surface area contributed by atoms with Crippen LogP contribution in [0.1, 0.15) is 93.1 Å². The minimum Gasteiger partial charge on any atom is -0.344 e. The van der Waals surface area contributed by atoms with Gasteiger partial charge in [0.2, 0.25) is 17.7 Å². The van der Waals surface area contributed by atoms with Crippen LogP contribution in [0.5, 0.6) is 0 Å². The Labute approximate surface area is 249 Å². The van der Waals surface area contributed by atoms with Crippen LogP contribution in [0.3, 0.4) is 0 Å². The molecule has 2 aliphatic rings. The first kappa shape index (κ1) is 33.1. The maximum absolute atomic E-state index is 14.2. The summed E-state index contributed by atoms with van der Waals surface area (Å²) in [6, 6.07) is 9.32. The molecule has 3 rings (SSSR count). The predicted octanol–water partition coefficient (Wildman–Crippen LogP) is 5.09. The van der Waals surface area contributed by atoms with Crippen molar-refractivity contribution < 1.29 is 14.4 Å². The summed E-state index contributed by atoms with van der Waals surface area (Å²) >= 11 is 0. The number of hydrogen-bond acceptors (Lipinski definition) is 4. The van der Waals surface area contributed by atoms with E-state index in [1.165, 1.54) is 0 Å². The largest absolute Gasteiger partial charge is 0.344 e. The molecule has 7 nitrogen and oxygen atoms in total. The molecular weight excluding hydrogens is 512 g/mol. The number of carbonyl (C=O) groups is 3. The van der Waals surface area contributed by atoms with E-state index >= 15 is 0 Å². The lowest BCUT2D eigenvalue weighted by Gasteiger charge is -2.41. The van der Waals surface area contributed by atoms with Gasteiger partial charge in [0, 0.05) is 44.1 Å². The molecule has 2 fully saturated rings. The summed E-state index contributed by atoms with van der Waals surface area (Å²) in [5.41, 5.74) is 0.255. The van der Waals surface area contributed by atoms with Crippen LogP contribution < -0.4 is 5.32 Å². The molecule has 2 saturated heterocycles. The molecule has 1 aromatic carbocycles. The average molecular weight is 569 g/mol. The van der Waals surface area contributed by atoms with Crippen molar-refractivity contribution in [1.29, 1.82) is 0 Å². The van der Waals surface area contributed by atoms with Crippen molar-refractivity contribution in [2.75, 3.05) is 33.2 Å². The van der Waals surface area contributed by atoms with Gasteiger partial charge in [0.05, 0.1) is 6.04 Å². The van der Waals surface area contributed by atoms with Crippen molar-refractivity contribution in [2.45, 2.75) is 111 Å². The molecule has 0 spiro atoms. The normalized spacial score (nSPS) is 20.6. The van der Waals surface area contributed by atoms with E-state index in [0.717, 1.165) is 50.9 Å². The summed E-state index contributed by atoms with van der Waals surface area (Å²) in [5, 5.41) is 3.21. The fourth-order valence-electron chi connectivity index (χ4n) is 6.84. The lowest BCUT2D eigenvalue weighted by molar-refractivity contribution is -0.143. The number of benzene rings is 1. The molecule has 4 atom stereocenters. The molecule has 0 saturated carbocycles. The molecule has 0 unspecified atom stereocenters. The first-order valence-corrected chi connectivity index (χ1v) is 15.9. The Balaban J connectivity index is 1.78. The Hall–Kier alpha value is -2.41. The zero-order valence-electron chi connectivity index (χ0n) is 27.2. The highest BCUT2D eigenvalue weighted by molar-refractivity contribution is 5.90. The van der Waals surface area contributed by atoms with E-state index in [2.05, 4.69) is 50.0 Å². The number of nitrogens with one attached hydrogen (secondary N) is 1. The van der Waals surface area contributed by atoms with Gasteiger partial charge in [0.25, 0.3) is 0 Å². The molecule has 2 aliphatic heterocycles. The van der Waals surface area contributed by atoms with Gasteiger partial charge in [-0.05, 0) is 55.5 Å². The zero-order valence-corrected chi connectivity index (χ0v) is 27.2. The molecule has 41 heavy (non-hydrogen) atoms. The summed E-state index contributed by atoms with van der Waals surface area (Å²) in [7, 11) is 1.87. The van der Waals surface area contributed by atoms with Crippen LogP contribution in [0.15, 0.2) is 30.3 Å². The van der Waals surface area contributed by atoms with E-state index < -0.39 is 11.5 Å². The number of likely N-dealkylation sites (N-methyl/N-ethyl adjacent to an activating group) is 1. The summed E-state index contributed by atoms with van der Waals surface area (Å²) in [4.78, 5) is 47.6. The van der Waals surface area contributed by atoms with Gasteiger partial charge in [-0.3, -0.25) is 19.3 Å². The average Bonchev–Trinajstić information content (AvgIpc) is 3.62. The molecule has 3 amide bonds. The molecule has 0 radical (unpaired) electrons. The molecular formula is C34H56N4O3. The van der Waals surface area contributed by atoms with Crippen molar-refractivity contribution >= 4 is 17.7 Å². The van der Waals surface area contributed by atoms with Gasteiger partial charge < -0.3 is 15.1 Å². The van der Waals surface area contributed by atoms with Crippen LogP contribution in [0.4, 0.5) is 0 Å². The zero-order chi connectivity index (χ0) is 30.5. The van der Waals surface area contributed by atoms with Gasteiger partial charge in [-0.15, -0.1) is 0 Å². The van der Waals surface area contributed by atoms with Crippen molar-refractivity contribution in [1.82, 2.24) is 20.0 Å². The Morgan fingerprint density at radius 2 is 1.59 bits per heavy atom. The Morgan fingerprint density at radius 3 is 2.12 bits per heavy atom. The Morgan fingerprint density at radius 1 is 0.976 bits per heavy atom. The summed E-state index contributed by atoms with van der Waals surface area (Å²) < 4.78 is 0. The molecule has 0 aliphatic carbocycles. The van der Waals surface area contributed by atoms with Crippen molar-refractivity contribution in [3.05, 3.63) is 35.9 Å². The lowest BCUT2D eigenvalue weighted by atomic mass is 9.71. The lowest BCUT2D eigenvalue weighted by Crippen LogP contribution is -2.60. The van der Waals surface area contributed by atoms with Crippen LogP contribution in [0.25, 0.3) is 0 Å². The van der Waals surface area contributed by atoms with Crippen LogP contribution in [-0.2, 0) is 19.8 Å². The SMILES string of the molecule is CC[C@H](C(=O)N[C@H](C(=O)N(C)[C@H](CN1CCC[C@H]1C(=O)N1CCCC1)C(C)C)C(C)(C)C)C(C)(C)c1ccccc1. The van der Waals surface area contributed by atoms with Crippen LogP contribution in [0, 0.1) is 17.3 Å². The number of rotatable bonds is 11. The summed E-state index contributed by atoms with van der Waals surface area (Å²) in [6.07, 6.45) is 4.74. The molecule has 0 aromatic heterocycles. The van der Waals surface area contributed by atoms with Gasteiger partial charge in [0.1, 0.15) is 6.04 Å². The third-order valence-electron chi connectivity index (χ3n) is 9.62. The van der Waals surface area contributed by atoms with Crippen LogP contribution in [0.2, 0.25) is 0 Å². The highest BCUT2D eigenvalue weighted by Gasteiger charge is 2.43. The number of amides is 3. The van der Waals surface area contributed by atoms with E-state index in [9.17, 15) is 14.4 Å². The monoisotopic (exact) mass is 568 g/mol. The Bertz CT molecular complexity index is 1030. The Kier molecular flexibility index (Phi) is 11.1. The van der Waals surface area contributed by atoms with Gasteiger partial charge >= 0.3 is 0 Å². The number of nitrogens with zero attached hydrogens (tertiary/aromatic N) is 3. The van der Waals surface area contributed by atoms with Crippen LogP contribution in [-0.4, -0.2) is 83.8 Å². The van der Waals surface area contributed by atoms with Crippen molar-refractivity contribution in [3.63, 3.8) is 0 Å². The quantitative estimate of drug-likeness (QED) is 0.404. The molecule has 230 valence electrons. The smallest absolute Gasteiger partial charge is 0.245 e. The third kappa shape index (κ3) is 7.71. The second kappa shape index (κ2) is 13.7. The summed E-state index contributed by atoms with van der Waals surface area (Å²) in [5.74, 6) is 0.0148. The maximum Gasteiger partial charge on any atom is 0.245 e. The molecule has 7 heteroatoms. The first-order valence-electron chi connectivity index (χ1n) is 15.9. The van der Waals surface area contributed by atoms with E-state index in [4.69, 9.17) is 0 Å². The van der Waals surface area contributed by atoms with Crippen LogP contribution >= 0.6 is 0 Å². The number of likely N-dealkylation sites (tertiary alicyclic amines) is 2. The first-order chi connectivity index (χ1) is 19.2. The molecule has 0 bridgehead atoms. The highest BCUT2D eigenvalue weighted by atomic mass is 16.2. The van der Waals surface area contributed by atoms with Gasteiger partial charge in [0.15, 0.2) is 0 Å². The second-order valence-corrected chi connectivity index (χ2v) is 14.3. The molecule has 1 aromatic rings. The minimum absolute atomic E-state index is 0.0704. The van der Waals surface area contributed by atoms with E-state index in [-0.39, 0.29) is 47.1 Å². The number of hydrogen-bond donors (Lipinski definition) is 1. The predicted molar refractivity (Wildman–Crippen MR) is 166 cm³/mol.